The molecule has 0 aliphatic rings. The van der Waals surface area contributed by atoms with Gasteiger partial charge in [-0.25, -0.2) is 8.42 Å². The van der Waals surface area contributed by atoms with E-state index in [1.165, 1.54) is 16.4 Å². The Bertz CT molecular complexity index is 1390. The largest absolute Gasteiger partial charge is 0.324 e. The highest BCUT2D eigenvalue weighted by atomic mass is 79.9. The van der Waals surface area contributed by atoms with E-state index >= 15 is 0 Å². The van der Waals surface area contributed by atoms with Crippen LogP contribution in [-0.4, -0.2) is 25.2 Å². The summed E-state index contributed by atoms with van der Waals surface area (Å²) in [5.41, 5.74) is 1.35. The maximum absolute atomic E-state index is 13.4. The third-order valence-corrected chi connectivity index (χ3v) is 7.69. The molecule has 0 aromatic heterocycles. The average molecular weight is 544 g/mol. The molecule has 0 fully saturated rings. The standard InChI is InChI=1S/C25H20BrClN2O3S/c26-20-10-14-22(15-11-20)33(31,32)29(16-18-8-12-21(27)13-9-18)17-25(30)28-24-7-3-5-19-4-1-2-6-23(19)24/h1-15H,16-17H2,(H,28,30). The number of hydrogen-bond acceptors (Lipinski definition) is 3. The molecule has 4 rings (SSSR count). The van der Waals surface area contributed by atoms with Crippen molar-refractivity contribution in [3.8, 4) is 0 Å². The summed E-state index contributed by atoms with van der Waals surface area (Å²) >= 11 is 9.29. The number of sulfonamides is 1. The molecule has 33 heavy (non-hydrogen) atoms. The van der Waals surface area contributed by atoms with Crippen LogP contribution in [0.25, 0.3) is 10.8 Å². The number of nitrogens with one attached hydrogen (secondary N) is 1. The number of benzene rings is 4. The fourth-order valence-corrected chi connectivity index (χ4v) is 5.23. The molecule has 168 valence electrons. The maximum Gasteiger partial charge on any atom is 0.243 e. The van der Waals surface area contributed by atoms with E-state index in [-0.39, 0.29) is 18.0 Å². The Hall–Kier alpha value is -2.71. The van der Waals surface area contributed by atoms with Crippen molar-refractivity contribution in [3.63, 3.8) is 0 Å². The number of amides is 1. The van der Waals surface area contributed by atoms with E-state index in [1.54, 1.807) is 42.5 Å². The first kappa shape index (κ1) is 23.4. The van der Waals surface area contributed by atoms with Crippen LogP contribution in [0, 0.1) is 0 Å². The fraction of sp³-hybridized carbons (Fsp3) is 0.0800. The van der Waals surface area contributed by atoms with E-state index in [9.17, 15) is 13.2 Å². The minimum atomic E-state index is -3.94. The smallest absolute Gasteiger partial charge is 0.243 e. The van der Waals surface area contributed by atoms with Crippen molar-refractivity contribution in [1.82, 2.24) is 4.31 Å². The highest BCUT2D eigenvalue weighted by Crippen LogP contribution is 2.24. The van der Waals surface area contributed by atoms with Crippen LogP contribution >= 0.6 is 27.5 Å². The zero-order valence-electron chi connectivity index (χ0n) is 17.4. The molecule has 1 N–H and O–H groups in total. The molecule has 0 spiro atoms. The first-order valence-corrected chi connectivity index (χ1v) is 12.7. The number of anilines is 1. The Morgan fingerprint density at radius 2 is 1.55 bits per heavy atom. The Morgan fingerprint density at radius 1 is 0.879 bits per heavy atom. The second-order valence-corrected chi connectivity index (χ2v) is 10.7. The molecule has 8 heteroatoms. The van der Waals surface area contributed by atoms with E-state index in [0.717, 1.165) is 20.8 Å². The van der Waals surface area contributed by atoms with Gasteiger partial charge in [-0.3, -0.25) is 4.79 Å². The van der Waals surface area contributed by atoms with Crippen molar-refractivity contribution in [3.05, 3.63) is 106 Å². The summed E-state index contributed by atoms with van der Waals surface area (Å²) in [6.45, 7) is -0.317. The Kier molecular flexibility index (Phi) is 7.14. The lowest BCUT2D eigenvalue weighted by atomic mass is 10.1. The average Bonchev–Trinajstić information content (AvgIpc) is 2.80. The molecular weight excluding hydrogens is 524 g/mol. The van der Waals surface area contributed by atoms with Crippen molar-refractivity contribution >= 4 is 59.9 Å². The van der Waals surface area contributed by atoms with Crippen molar-refractivity contribution in [2.45, 2.75) is 11.4 Å². The van der Waals surface area contributed by atoms with Gasteiger partial charge >= 0.3 is 0 Å². The lowest BCUT2D eigenvalue weighted by Crippen LogP contribution is -2.37. The second-order valence-electron chi connectivity index (χ2n) is 7.43. The topological polar surface area (TPSA) is 66.5 Å². The summed E-state index contributed by atoms with van der Waals surface area (Å²) in [4.78, 5) is 13.1. The fourth-order valence-electron chi connectivity index (χ4n) is 3.46. The number of fused-ring (bicyclic) bond motifs is 1. The molecular formula is C25H20BrClN2O3S. The summed E-state index contributed by atoms with van der Waals surface area (Å²) < 4.78 is 28.8. The van der Waals surface area contributed by atoms with Crippen LogP contribution in [0.3, 0.4) is 0 Å². The first-order chi connectivity index (χ1) is 15.8. The van der Waals surface area contributed by atoms with Crippen molar-refractivity contribution in [2.24, 2.45) is 0 Å². The van der Waals surface area contributed by atoms with Crippen molar-refractivity contribution in [1.29, 1.82) is 0 Å². The number of halogens is 2. The van der Waals surface area contributed by atoms with Gasteiger partial charge in [0.1, 0.15) is 0 Å². The van der Waals surface area contributed by atoms with Gasteiger partial charge < -0.3 is 5.32 Å². The maximum atomic E-state index is 13.4. The minimum Gasteiger partial charge on any atom is -0.324 e. The molecule has 0 atom stereocenters. The van der Waals surface area contributed by atoms with Crippen LogP contribution in [0.1, 0.15) is 5.56 Å². The summed E-state index contributed by atoms with van der Waals surface area (Å²) in [5, 5.41) is 5.28. The molecule has 0 saturated carbocycles. The Labute approximate surface area is 206 Å². The van der Waals surface area contributed by atoms with Crippen LogP contribution < -0.4 is 5.32 Å². The first-order valence-electron chi connectivity index (χ1n) is 10.1. The van der Waals surface area contributed by atoms with Crippen molar-refractivity contribution in [2.75, 3.05) is 11.9 Å². The van der Waals surface area contributed by atoms with Crippen molar-refractivity contribution < 1.29 is 13.2 Å². The number of rotatable bonds is 7. The van der Waals surface area contributed by atoms with Crippen LogP contribution in [0.5, 0.6) is 0 Å². The van der Waals surface area contributed by atoms with Crippen LogP contribution in [0.2, 0.25) is 5.02 Å². The number of nitrogens with zero attached hydrogens (tertiary/aromatic N) is 1. The summed E-state index contributed by atoms with van der Waals surface area (Å²) in [6, 6.07) is 26.5. The number of hydrogen-bond donors (Lipinski definition) is 1. The SMILES string of the molecule is O=C(CN(Cc1ccc(Cl)cc1)S(=O)(=O)c1ccc(Br)cc1)Nc1cccc2ccccc12. The van der Waals surface area contributed by atoms with Gasteiger partial charge in [0.25, 0.3) is 0 Å². The normalized spacial score (nSPS) is 11.6. The minimum absolute atomic E-state index is 0.0263. The number of carbonyl (C=O) groups excluding carboxylic acids is 1. The summed E-state index contributed by atoms with van der Waals surface area (Å²) in [5.74, 6) is -0.430. The Balaban J connectivity index is 1.63. The van der Waals surface area contributed by atoms with Crippen LogP contribution in [0.15, 0.2) is 100 Å². The lowest BCUT2D eigenvalue weighted by Gasteiger charge is -2.22. The van der Waals surface area contributed by atoms with E-state index in [2.05, 4.69) is 21.2 Å². The molecule has 0 saturated heterocycles. The van der Waals surface area contributed by atoms with Gasteiger partial charge in [-0.05, 0) is 53.4 Å². The van der Waals surface area contributed by atoms with Crippen LogP contribution in [0.4, 0.5) is 5.69 Å². The van der Waals surface area contributed by atoms with Gasteiger partial charge in [0.2, 0.25) is 15.9 Å². The van der Waals surface area contributed by atoms with E-state index in [1.807, 2.05) is 36.4 Å². The zero-order valence-corrected chi connectivity index (χ0v) is 20.6. The third kappa shape index (κ3) is 5.62. The predicted octanol–water partition coefficient (Wildman–Crippen LogP) is 6.09. The summed E-state index contributed by atoms with van der Waals surface area (Å²) in [6.07, 6.45) is 0. The molecule has 0 unspecified atom stereocenters. The lowest BCUT2D eigenvalue weighted by molar-refractivity contribution is -0.116. The second kappa shape index (κ2) is 10.1. The van der Waals surface area contributed by atoms with E-state index in [0.29, 0.717) is 10.7 Å². The molecule has 5 nitrogen and oxygen atoms in total. The van der Waals surface area contributed by atoms with Gasteiger partial charge in [0, 0.05) is 27.1 Å². The molecule has 4 aromatic rings. The molecule has 0 aliphatic carbocycles. The van der Waals surface area contributed by atoms with Gasteiger partial charge in [-0.2, -0.15) is 4.31 Å². The highest BCUT2D eigenvalue weighted by molar-refractivity contribution is 9.10. The molecule has 0 bridgehead atoms. The molecule has 1 amide bonds. The van der Waals surface area contributed by atoms with Gasteiger partial charge in [0.05, 0.1) is 11.4 Å². The van der Waals surface area contributed by atoms with Gasteiger partial charge in [-0.15, -0.1) is 0 Å². The molecule has 0 heterocycles. The van der Waals surface area contributed by atoms with Crippen LogP contribution in [-0.2, 0) is 21.4 Å². The molecule has 0 aliphatic heterocycles. The zero-order chi connectivity index (χ0) is 23.4. The van der Waals surface area contributed by atoms with E-state index in [4.69, 9.17) is 11.6 Å². The summed E-state index contributed by atoms with van der Waals surface area (Å²) in [7, 11) is -3.94. The monoisotopic (exact) mass is 542 g/mol. The highest BCUT2D eigenvalue weighted by Gasteiger charge is 2.27. The number of carbonyl (C=O) groups is 1. The molecule has 0 radical (unpaired) electrons. The predicted molar refractivity (Wildman–Crippen MR) is 136 cm³/mol. The Morgan fingerprint density at radius 3 is 2.27 bits per heavy atom. The molecule has 4 aromatic carbocycles. The van der Waals surface area contributed by atoms with Gasteiger partial charge in [-0.1, -0.05) is 76.1 Å². The third-order valence-electron chi connectivity index (χ3n) is 5.11. The quantitative estimate of drug-likeness (QED) is 0.307. The van der Waals surface area contributed by atoms with Gasteiger partial charge in [0.15, 0.2) is 0 Å². The van der Waals surface area contributed by atoms with E-state index < -0.39 is 15.9 Å².